The van der Waals surface area contributed by atoms with Gasteiger partial charge in [-0.2, -0.15) is 0 Å². The van der Waals surface area contributed by atoms with Crippen LogP contribution in [0.3, 0.4) is 0 Å². The molecule has 0 radical (unpaired) electrons. The lowest BCUT2D eigenvalue weighted by atomic mass is 10.2. The van der Waals surface area contributed by atoms with E-state index in [2.05, 4.69) is 26.2 Å². The molecule has 1 fully saturated rings. The van der Waals surface area contributed by atoms with Gasteiger partial charge in [0.25, 0.3) is 5.91 Å². The molecule has 1 aromatic rings. The number of aliphatic hydroxyl groups is 1. The number of pyridine rings is 1. The van der Waals surface area contributed by atoms with Gasteiger partial charge in [-0.25, -0.2) is 0 Å². The normalized spacial score (nSPS) is 18.5. The van der Waals surface area contributed by atoms with Gasteiger partial charge in [-0.1, -0.05) is 0 Å². The lowest BCUT2D eigenvalue weighted by Crippen LogP contribution is -2.42. The van der Waals surface area contributed by atoms with Crippen LogP contribution in [0.4, 0.5) is 0 Å². The lowest BCUT2D eigenvalue weighted by Gasteiger charge is -2.25. The largest absolute Gasteiger partial charge is 0.395 e. The molecule has 2 rings (SSSR count). The molecule has 1 aromatic heterocycles. The number of nitrogens with zero attached hydrogens (tertiary/aromatic N) is 2. The molecule has 0 bridgehead atoms. The summed E-state index contributed by atoms with van der Waals surface area (Å²) < 4.78 is 0.779. The van der Waals surface area contributed by atoms with Gasteiger partial charge in [0.1, 0.15) is 0 Å². The van der Waals surface area contributed by atoms with E-state index in [1.807, 2.05) is 0 Å². The number of aliphatic hydroxyl groups excluding tert-OH is 1. The standard InChI is InChI=1S/C13H18BrN3O2/c14-11-6-10(7-15-8-11)13(19)17(4-5-18)9-12-2-1-3-16-12/h6-8,12,16,18H,1-5,9H2. The fraction of sp³-hybridized carbons (Fsp3) is 0.538. The summed E-state index contributed by atoms with van der Waals surface area (Å²) in [6, 6.07) is 2.08. The lowest BCUT2D eigenvalue weighted by molar-refractivity contribution is 0.0706. The van der Waals surface area contributed by atoms with E-state index in [-0.39, 0.29) is 12.5 Å². The van der Waals surface area contributed by atoms with Gasteiger partial charge in [0.15, 0.2) is 0 Å². The second-order valence-electron chi connectivity index (χ2n) is 4.66. The van der Waals surface area contributed by atoms with Gasteiger partial charge < -0.3 is 15.3 Å². The van der Waals surface area contributed by atoms with Crippen LogP contribution in [-0.2, 0) is 0 Å². The Kier molecular flexibility index (Phi) is 5.30. The Morgan fingerprint density at radius 2 is 2.42 bits per heavy atom. The van der Waals surface area contributed by atoms with Crippen molar-refractivity contribution in [2.45, 2.75) is 18.9 Å². The quantitative estimate of drug-likeness (QED) is 0.847. The first-order valence-electron chi connectivity index (χ1n) is 6.45. The SMILES string of the molecule is O=C(c1cncc(Br)c1)N(CCO)CC1CCCN1. The summed E-state index contributed by atoms with van der Waals surface area (Å²) in [5, 5.41) is 12.5. The van der Waals surface area contributed by atoms with Gasteiger partial charge in [-0.3, -0.25) is 9.78 Å². The molecule has 1 aliphatic heterocycles. The molecule has 0 aliphatic carbocycles. The number of nitrogens with one attached hydrogen (secondary N) is 1. The molecule has 1 amide bonds. The van der Waals surface area contributed by atoms with Crippen molar-refractivity contribution in [2.75, 3.05) is 26.2 Å². The van der Waals surface area contributed by atoms with E-state index in [1.165, 1.54) is 0 Å². The zero-order chi connectivity index (χ0) is 13.7. The van der Waals surface area contributed by atoms with E-state index < -0.39 is 0 Å². The van der Waals surface area contributed by atoms with E-state index in [4.69, 9.17) is 5.11 Å². The van der Waals surface area contributed by atoms with Gasteiger partial charge in [0, 0.05) is 36.0 Å². The van der Waals surface area contributed by atoms with E-state index in [0.29, 0.717) is 24.7 Å². The highest BCUT2D eigenvalue weighted by Gasteiger charge is 2.22. The van der Waals surface area contributed by atoms with Gasteiger partial charge >= 0.3 is 0 Å². The summed E-state index contributed by atoms with van der Waals surface area (Å²) >= 11 is 3.31. The first-order valence-corrected chi connectivity index (χ1v) is 7.24. The van der Waals surface area contributed by atoms with E-state index in [1.54, 1.807) is 23.4 Å². The maximum Gasteiger partial charge on any atom is 0.255 e. The van der Waals surface area contributed by atoms with Crippen LogP contribution >= 0.6 is 15.9 Å². The highest BCUT2D eigenvalue weighted by Crippen LogP contribution is 2.13. The molecule has 104 valence electrons. The number of aromatic nitrogens is 1. The number of rotatable bonds is 5. The summed E-state index contributed by atoms with van der Waals surface area (Å²) in [7, 11) is 0. The molecule has 19 heavy (non-hydrogen) atoms. The third kappa shape index (κ3) is 3.99. The summed E-state index contributed by atoms with van der Waals surface area (Å²) in [6.07, 6.45) is 5.42. The third-order valence-corrected chi connectivity index (χ3v) is 3.65. The number of hydrogen-bond donors (Lipinski definition) is 2. The van der Waals surface area contributed by atoms with Crippen LogP contribution in [0.2, 0.25) is 0 Å². The number of carbonyl (C=O) groups is 1. The monoisotopic (exact) mass is 327 g/mol. The van der Waals surface area contributed by atoms with Crippen LogP contribution in [0.25, 0.3) is 0 Å². The molecule has 6 heteroatoms. The maximum atomic E-state index is 12.4. The molecule has 2 heterocycles. The minimum atomic E-state index is -0.0865. The van der Waals surface area contributed by atoms with Crippen molar-refractivity contribution in [1.29, 1.82) is 0 Å². The van der Waals surface area contributed by atoms with Gasteiger partial charge in [-0.05, 0) is 41.4 Å². The van der Waals surface area contributed by atoms with Crippen LogP contribution in [0.1, 0.15) is 23.2 Å². The van der Waals surface area contributed by atoms with Gasteiger partial charge in [0.05, 0.1) is 12.2 Å². The average molecular weight is 328 g/mol. The Hall–Kier alpha value is -0.980. The van der Waals surface area contributed by atoms with Crippen molar-refractivity contribution < 1.29 is 9.90 Å². The van der Waals surface area contributed by atoms with Crippen LogP contribution in [0, 0.1) is 0 Å². The molecule has 0 spiro atoms. The minimum Gasteiger partial charge on any atom is -0.395 e. The third-order valence-electron chi connectivity index (χ3n) is 3.21. The van der Waals surface area contributed by atoms with Crippen molar-refractivity contribution in [3.8, 4) is 0 Å². The molecule has 1 aliphatic rings. The number of amides is 1. The summed E-state index contributed by atoms with van der Waals surface area (Å²) in [5.41, 5.74) is 0.542. The Morgan fingerprint density at radius 3 is 3.05 bits per heavy atom. The molecular formula is C13H18BrN3O2. The molecule has 1 unspecified atom stereocenters. The fourth-order valence-corrected chi connectivity index (χ4v) is 2.65. The number of hydrogen-bond acceptors (Lipinski definition) is 4. The summed E-state index contributed by atoms with van der Waals surface area (Å²) in [6.45, 7) is 1.96. The number of carbonyl (C=O) groups excluding carboxylic acids is 1. The average Bonchev–Trinajstić information content (AvgIpc) is 2.90. The van der Waals surface area contributed by atoms with Gasteiger partial charge in [-0.15, -0.1) is 0 Å². The van der Waals surface area contributed by atoms with Crippen LogP contribution in [0.15, 0.2) is 22.9 Å². The van der Waals surface area contributed by atoms with Crippen molar-refractivity contribution in [1.82, 2.24) is 15.2 Å². The number of halogens is 1. The zero-order valence-electron chi connectivity index (χ0n) is 10.7. The predicted molar refractivity (Wildman–Crippen MR) is 76.0 cm³/mol. The highest BCUT2D eigenvalue weighted by atomic mass is 79.9. The van der Waals surface area contributed by atoms with E-state index in [9.17, 15) is 4.79 Å². The second-order valence-corrected chi connectivity index (χ2v) is 5.58. The Balaban J connectivity index is 2.06. The molecule has 1 saturated heterocycles. The summed E-state index contributed by atoms with van der Waals surface area (Å²) in [4.78, 5) is 18.1. The minimum absolute atomic E-state index is 0.0279. The molecule has 1 atom stereocenters. The zero-order valence-corrected chi connectivity index (χ0v) is 12.3. The van der Waals surface area contributed by atoms with Crippen LogP contribution < -0.4 is 5.32 Å². The van der Waals surface area contributed by atoms with Crippen molar-refractivity contribution in [3.63, 3.8) is 0 Å². The van der Waals surface area contributed by atoms with Gasteiger partial charge in [0.2, 0.25) is 0 Å². The first-order chi connectivity index (χ1) is 9.20. The predicted octanol–water partition coefficient (Wildman–Crippen LogP) is 1.03. The van der Waals surface area contributed by atoms with E-state index in [0.717, 1.165) is 23.9 Å². The molecular weight excluding hydrogens is 310 g/mol. The molecule has 5 nitrogen and oxygen atoms in total. The topological polar surface area (TPSA) is 65.5 Å². The van der Waals surface area contributed by atoms with Crippen molar-refractivity contribution >= 4 is 21.8 Å². The molecule has 2 N–H and O–H groups in total. The first kappa shape index (κ1) is 14.4. The molecule has 0 saturated carbocycles. The Labute approximate surface area is 121 Å². The Bertz CT molecular complexity index is 436. The molecule has 0 aromatic carbocycles. The highest BCUT2D eigenvalue weighted by molar-refractivity contribution is 9.10. The smallest absolute Gasteiger partial charge is 0.255 e. The van der Waals surface area contributed by atoms with E-state index >= 15 is 0 Å². The fourth-order valence-electron chi connectivity index (χ4n) is 2.29. The van der Waals surface area contributed by atoms with Crippen molar-refractivity contribution in [3.05, 3.63) is 28.5 Å². The second kappa shape index (κ2) is 6.98. The van der Waals surface area contributed by atoms with Crippen molar-refractivity contribution in [2.24, 2.45) is 0 Å². The summed E-state index contributed by atoms with van der Waals surface area (Å²) in [5.74, 6) is -0.0865. The van der Waals surface area contributed by atoms with Crippen LogP contribution in [-0.4, -0.2) is 53.2 Å². The Morgan fingerprint density at radius 1 is 1.58 bits per heavy atom. The van der Waals surface area contributed by atoms with Crippen LogP contribution in [0.5, 0.6) is 0 Å². The maximum absolute atomic E-state index is 12.4.